The quantitative estimate of drug-likeness (QED) is 0.591. The third-order valence-electron chi connectivity index (χ3n) is 3.03. The van der Waals surface area contributed by atoms with E-state index in [0.29, 0.717) is 12.1 Å². The van der Waals surface area contributed by atoms with Crippen molar-refractivity contribution in [2.75, 3.05) is 15.9 Å². The lowest BCUT2D eigenvalue weighted by molar-refractivity contribution is 0.580. The Hall–Kier alpha value is -2.48. The number of hydrogen-bond acceptors (Lipinski definition) is 4. The molecule has 8 heteroatoms. The molecule has 0 unspecified atom stereocenters. The van der Waals surface area contributed by atoms with Crippen molar-refractivity contribution in [3.05, 3.63) is 59.7 Å². The number of nitrogens with zero attached hydrogens (tertiary/aromatic N) is 1. The molecule has 0 aliphatic heterocycles. The normalized spacial score (nSPS) is 11.6. The number of sulfonamides is 1. The second-order valence-corrected chi connectivity index (χ2v) is 6.82. The third kappa shape index (κ3) is 4.76. The summed E-state index contributed by atoms with van der Waals surface area (Å²) in [4.78, 5) is 0. The number of benzene rings is 2. The summed E-state index contributed by atoms with van der Waals surface area (Å²) in [5.41, 5.74) is 2.53. The Balaban J connectivity index is 2.22. The second-order valence-electron chi connectivity index (χ2n) is 4.98. The summed E-state index contributed by atoms with van der Waals surface area (Å²) in [6.45, 7) is 1.69. The fourth-order valence-electron chi connectivity index (χ4n) is 1.94. The van der Waals surface area contributed by atoms with Gasteiger partial charge in [0.15, 0.2) is 5.82 Å². The van der Waals surface area contributed by atoms with Gasteiger partial charge in [0.2, 0.25) is 10.0 Å². The zero-order valence-corrected chi connectivity index (χ0v) is 13.8. The number of para-hydroxylation sites is 1. The van der Waals surface area contributed by atoms with Gasteiger partial charge in [-0.1, -0.05) is 25.1 Å². The highest BCUT2D eigenvalue weighted by Crippen LogP contribution is 2.21. The standard InChI is InChI=1S/C16H17F2N3O2S/c1-2-10-24(22,23)21-15-9-8-14(17)13(16(15)18)11-19-20-12-6-4-3-5-7-12/h3-9,11,20-21H,2,10H2,1H3. The average molecular weight is 353 g/mol. The molecule has 0 aliphatic carbocycles. The maximum Gasteiger partial charge on any atom is 0.232 e. The Morgan fingerprint density at radius 3 is 2.50 bits per heavy atom. The van der Waals surface area contributed by atoms with Crippen molar-refractivity contribution in [3.8, 4) is 0 Å². The van der Waals surface area contributed by atoms with E-state index in [0.717, 1.165) is 18.3 Å². The first-order valence-corrected chi connectivity index (χ1v) is 8.91. The fourth-order valence-corrected chi connectivity index (χ4v) is 3.07. The van der Waals surface area contributed by atoms with Crippen molar-refractivity contribution in [2.24, 2.45) is 5.10 Å². The molecular weight excluding hydrogens is 336 g/mol. The summed E-state index contributed by atoms with van der Waals surface area (Å²) in [5, 5.41) is 3.78. The Bertz CT molecular complexity index is 825. The molecule has 0 bridgehead atoms. The smallest absolute Gasteiger partial charge is 0.232 e. The van der Waals surface area contributed by atoms with Crippen LogP contribution < -0.4 is 10.1 Å². The topological polar surface area (TPSA) is 70.6 Å². The molecule has 0 aromatic heterocycles. The van der Waals surface area contributed by atoms with Gasteiger partial charge < -0.3 is 0 Å². The molecule has 24 heavy (non-hydrogen) atoms. The Kier molecular flexibility index (Phi) is 5.86. The number of hydrogen-bond donors (Lipinski definition) is 2. The molecule has 2 aromatic rings. The molecule has 0 atom stereocenters. The average Bonchev–Trinajstić information content (AvgIpc) is 2.54. The first-order chi connectivity index (χ1) is 11.4. The van der Waals surface area contributed by atoms with Crippen LogP contribution in [-0.2, 0) is 10.0 Å². The molecule has 5 nitrogen and oxygen atoms in total. The van der Waals surface area contributed by atoms with E-state index in [2.05, 4.69) is 15.2 Å². The highest BCUT2D eigenvalue weighted by atomic mass is 32.2. The predicted molar refractivity (Wildman–Crippen MR) is 91.7 cm³/mol. The van der Waals surface area contributed by atoms with E-state index in [1.165, 1.54) is 0 Å². The molecule has 0 spiro atoms. The van der Waals surface area contributed by atoms with Crippen molar-refractivity contribution < 1.29 is 17.2 Å². The lowest BCUT2D eigenvalue weighted by atomic mass is 10.2. The van der Waals surface area contributed by atoms with Crippen LogP contribution in [0.4, 0.5) is 20.2 Å². The summed E-state index contributed by atoms with van der Waals surface area (Å²) < 4.78 is 53.7. The van der Waals surface area contributed by atoms with E-state index < -0.39 is 27.2 Å². The van der Waals surface area contributed by atoms with Crippen molar-refractivity contribution in [2.45, 2.75) is 13.3 Å². The second kappa shape index (κ2) is 7.87. The van der Waals surface area contributed by atoms with Crippen LogP contribution in [0.1, 0.15) is 18.9 Å². The van der Waals surface area contributed by atoms with Crippen LogP contribution in [0.3, 0.4) is 0 Å². The third-order valence-corrected chi connectivity index (χ3v) is 4.50. The largest absolute Gasteiger partial charge is 0.281 e. The molecule has 0 fully saturated rings. The van der Waals surface area contributed by atoms with E-state index in [1.807, 2.05) is 6.07 Å². The minimum Gasteiger partial charge on any atom is -0.281 e. The highest BCUT2D eigenvalue weighted by Gasteiger charge is 2.16. The van der Waals surface area contributed by atoms with Crippen LogP contribution in [0, 0.1) is 11.6 Å². The van der Waals surface area contributed by atoms with Gasteiger partial charge >= 0.3 is 0 Å². The van der Waals surface area contributed by atoms with E-state index in [-0.39, 0.29) is 11.4 Å². The molecule has 2 rings (SSSR count). The minimum absolute atomic E-state index is 0.150. The molecule has 0 radical (unpaired) electrons. The van der Waals surface area contributed by atoms with E-state index in [4.69, 9.17) is 0 Å². The maximum atomic E-state index is 14.3. The monoisotopic (exact) mass is 353 g/mol. The van der Waals surface area contributed by atoms with Gasteiger partial charge in [0.1, 0.15) is 5.82 Å². The Morgan fingerprint density at radius 1 is 1.12 bits per heavy atom. The number of halogens is 2. The van der Waals surface area contributed by atoms with Crippen LogP contribution in [0.25, 0.3) is 0 Å². The maximum absolute atomic E-state index is 14.3. The van der Waals surface area contributed by atoms with Gasteiger partial charge in [0.05, 0.1) is 28.9 Å². The number of hydrazone groups is 1. The Labute approximate surface area is 139 Å². The molecular formula is C16H17F2N3O2S. The van der Waals surface area contributed by atoms with Crippen LogP contribution in [0.2, 0.25) is 0 Å². The van der Waals surface area contributed by atoms with Crippen LogP contribution in [-0.4, -0.2) is 20.4 Å². The fraction of sp³-hybridized carbons (Fsp3) is 0.188. The molecule has 128 valence electrons. The van der Waals surface area contributed by atoms with Crippen molar-refractivity contribution in [1.29, 1.82) is 0 Å². The van der Waals surface area contributed by atoms with Gasteiger partial charge in [0, 0.05) is 0 Å². The number of nitrogens with one attached hydrogen (secondary N) is 2. The predicted octanol–water partition coefficient (Wildman–Crippen LogP) is 3.56. The highest BCUT2D eigenvalue weighted by molar-refractivity contribution is 7.92. The number of rotatable bonds is 7. The van der Waals surface area contributed by atoms with Gasteiger partial charge in [0.25, 0.3) is 0 Å². The zero-order chi connectivity index (χ0) is 17.6. The van der Waals surface area contributed by atoms with Gasteiger partial charge in [-0.3, -0.25) is 10.1 Å². The van der Waals surface area contributed by atoms with Gasteiger partial charge in [-0.15, -0.1) is 0 Å². The molecule has 0 saturated carbocycles. The lowest BCUT2D eigenvalue weighted by Crippen LogP contribution is -2.17. The first kappa shape index (κ1) is 17.9. The summed E-state index contributed by atoms with van der Waals surface area (Å²) in [6.07, 6.45) is 1.35. The first-order valence-electron chi connectivity index (χ1n) is 7.25. The van der Waals surface area contributed by atoms with Crippen LogP contribution in [0.5, 0.6) is 0 Å². The molecule has 0 aliphatic rings. The molecule has 2 N–H and O–H groups in total. The van der Waals surface area contributed by atoms with Crippen LogP contribution >= 0.6 is 0 Å². The van der Waals surface area contributed by atoms with Gasteiger partial charge in [-0.25, -0.2) is 17.2 Å². The zero-order valence-electron chi connectivity index (χ0n) is 13.0. The van der Waals surface area contributed by atoms with E-state index in [1.54, 1.807) is 31.2 Å². The lowest BCUT2D eigenvalue weighted by Gasteiger charge is -2.10. The van der Waals surface area contributed by atoms with Crippen molar-refractivity contribution in [3.63, 3.8) is 0 Å². The molecule has 0 heterocycles. The molecule has 2 aromatic carbocycles. The van der Waals surface area contributed by atoms with Crippen molar-refractivity contribution >= 4 is 27.6 Å². The minimum atomic E-state index is -3.67. The SMILES string of the molecule is CCCS(=O)(=O)Nc1ccc(F)c(C=NNc2ccccc2)c1F. The molecule has 0 amide bonds. The molecule has 0 saturated heterocycles. The van der Waals surface area contributed by atoms with Gasteiger partial charge in [-0.2, -0.15) is 5.10 Å². The summed E-state index contributed by atoms with van der Waals surface area (Å²) in [5.74, 6) is -2.01. The van der Waals surface area contributed by atoms with E-state index >= 15 is 0 Å². The summed E-state index contributed by atoms with van der Waals surface area (Å²) in [7, 11) is -3.67. The Morgan fingerprint density at radius 2 is 1.83 bits per heavy atom. The number of anilines is 2. The van der Waals surface area contributed by atoms with Crippen LogP contribution in [0.15, 0.2) is 47.6 Å². The summed E-state index contributed by atoms with van der Waals surface area (Å²) >= 11 is 0. The van der Waals surface area contributed by atoms with Gasteiger partial charge in [-0.05, 0) is 30.7 Å². The van der Waals surface area contributed by atoms with E-state index in [9.17, 15) is 17.2 Å². The van der Waals surface area contributed by atoms with Crippen molar-refractivity contribution in [1.82, 2.24) is 0 Å². The summed E-state index contributed by atoms with van der Waals surface area (Å²) in [6, 6.07) is 10.9.